The molecule has 140 valence electrons. The van der Waals surface area contributed by atoms with E-state index in [-0.39, 0.29) is 11.5 Å². The zero-order chi connectivity index (χ0) is 19.7. The Bertz CT molecular complexity index is 796. The fourth-order valence-electron chi connectivity index (χ4n) is 1.27. The Morgan fingerprint density at radius 3 is 1.96 bits per heavy atom. The van der Waals surface area contributed by atoms with E-state index in [0.29, 0.717) is 0 Å². The molecule has 0 radical (unpaired) electrons. The fourth-order valence-corrected chi connectivity index (χ4v) is 2.78. The van der Waals surface area contributed by atoms with Gasteiger partial charge in [0, 0.05) is 0 Å². The highest BCUT2D eigenvalue weighted by molar-refractivity contribution is 7.87. The van der Waals surface area contributed by atoms with Gasteiger partial charge >= 0.3 is 11.9 Å². The van der Waals surface area contributed by atoms with E-state index in [2.05, 4.69) is 10.8 Å². The van der Waals surface area contributed by atoms with E-state index in [1.165, 1.54) is 18.2 Å². The van der Waals surface area contributed by atoms with Crippen LogP contribution < -0.4 is 0 Å². The number of aliphatic carboxylic acids is 2. The smallest absolute Gasteiger partial charge is 0.325 e. The second-order valence-corrected chi connectivity index (χ2v) is 7.49. The van der Waals surface area contributed by atoms with E-state index in [0.717, 1.165) is 0 Å². The summed E-state index contributed by atoms with van der Waals surface area (Å²) in [6.07, 6.45) is 0.231. The number of hydrogen-bond donors (Lipinski definition) is 3. The van der Waals surface area contributed by atoms with Crippen LogP contribution in [-0.2, 0) is 34.0 Å². The van der Waals surface area contributed by atoms with E-state index in [4.69, 9.17) is 14.8 Å². The fraction of sp³-hybridized carbons (Fsp3) is 0.231. The van der Waals surface area contributed by atoms with Gasteiger partial charge in [0.25, 0.3) is 20.2 Å². The van der Waals surface area contributed by atoms with Crippen molar-refractivity contribution in [2.24, 2.45) is 0 Å². The second-order valence-electron chi connectivity index (χ2n) is 4.28. The Morgan fingerprint density at radius 2 is 1.64 bits per heavy atom. The monoisotopic (exact) mass is 396 g/mol. The number of hydrogen-bond acceptors (Lipinski definition) is 7. The van der Waals surface area contributed by atoms with Gasteiger partial charge in [0.15, 0.2) is 5.25 Å². The lowest BCUT2D eigenvalue weighted by atomic mass is 10.3. The minimum Gasteiger partial charge on any atom is -0.481 e. The number of rotatable bonds is 8. The van der Waals surface area contributed by atoms with Gasteiger partial charge in [0.1, 0.15) is 0 Å². The van der Waals surface area contributed by atoms with Crippen molar-refractivity contribution in [1.29, 1.82) is 0 Å². The number of carboxylic acid groups (broad SMARTS) is 2. The Labute approximate surface area is 144 Å². The largest absolute Gasteiger partial charge is 0.481 e. The summed E-state index contributed by atoms with van der Waals surface area (Å²) in [5, 5.41) is 13.9. The van der Waals surface area contributed by atoms with Crippen LogP contribution in [0.1, 0.15) is 6.42 Å². The molecule has 1 atom stereocenters. The minimum atomic E-state index is -4.84. The van der Waals surface area contributed by atoms with Crippen LogP contribution in [0, 0.1) is 0 Å². The third-order valence-corrected chi connectivity index (χ3v) is 4.75. The maximum absolute atomic E-state index is 11.3. The predicted octanol–water partition coefficient (Wildman–Crippen LogP) is 0.380. The Kier molecular flexibility index (Phi) is 8.98. The topological polar surface area (TPSA) is 172 Å². The van der Waals surface area contributed by atoms with Gasteiger partial charge in [-0.2, -0.15) is 16.8 Å². The first-order chi connectivity index (χ1) is 11.4. The average molecular weight is 396 g/mol. The zero-order valence-corrected chi connectivity index (χ0v) is 14.3. The lowest BCUT2D eigenvalue weighted by Crippen LogP contribution is -2.31. The minimum absolute atomic E-state index is 0.00275. The lowest BCUT2D eigenvalue weighted by molar-refractivity contribution is -0.143. The lowest BCUT2D eigenvalue weighted by Gasteiger charge is -2.04. The van der Waals surface area contributed by atoms with Gasteiger partial charge in [-0.15, -0.1) is 6.58 Å². The molecule has 1 aromatic carbocycles. The van der Waals surface area contributed by atoms with Crippen LogP contribution in [0.4, 0.5) is 0 Å². The Morgan fingerprint density at radius 1 is 1.12 bits per heavy atom. The van der Waals surface area contributed by atoms with Crippen molar-refractivity contribution in [1.82, 2.24) is 0 Å². The summed E-state index contributed by atoms with van der Waals surface area (Å²) < 4.78 is 55.9. The van der Waals surface area contributed by atoms with Gasteiger partial charge in [0.05, 0.1) is 17.9 Å². The van der Waals surface area contributed by atoms with E-state index >= 15 is 0 Å². The maximum atomic E-state index is 11.3. The highest BCUT2D eigenvalue weighted by Gasteiger charge is 2.33. The predicted molar refractivity (Wildman–Crippen MR) is 85.0 cm³/mol. The average Bonchev–Trinajstić information content (AvgIpc) is 2.51. The molecule has 0 bridgehead atoms. The standard InChI is InChI=1S/C9H10O3S.C4H6O7S/c1-2-8-12-13(10,11)9-6-4-3-5-7-9;5-3(6)1-2(4(7)8)12(9,10)11/h2-7H,1,8H2;2H,1H2,(H,5,6)(H,7,8)(H,9,10,11). The van der Waals surface area contributed by atoms with Crippen LogP contribution >= 0.6 is 0 Å². The summed E-state index contributed by atoms with van der Waals surface area (Å²) in [7, 11) is -8.43. The summed E-state index contributed by atoms with van der Waals surface area (Å²) in [6.45, 7) is 3.37. The van der Waals surface area contributed by atoms with Gasteiger partial charge in [0.2, 0.25) is 0 Å². The number of carbonyl (C=O) groups is 2. The van der Waals surface area contributed by atoms with Gasteiger partial charge in [-0.1, -0.05) is 24.3 Å². The Hall–Kier alpha value is -2.28. The number of carboxylic acids is 2. The van der Waals surface area contributed by atoms with E-state index in [9.17, 15) is 26.4 Å². The van der Waals surface area contributed by atoms with E-state index < -0.39 is 43.8 Å². The van der Waals surface area contributed by atoms with Crippen LogP contribution in [0.3, 0.4) is 0 Å². The van der Waals surface area contributed by atoms with Crippen molar-refractivity contribution in [3.05, 3.63) is 43.0 Å². The van der Waals surface area contributed by atoms with Crippen LogP contribution in [0.5, 0.6) is 0 Å². The first-order valence-electron chi connectivity index (χ1n) is 6.38. The van der Waals surface area contributed by atoms with E-state index in [1.807, 2.05) is 0 Å². The molecular weight excluding hydrogens is 380 g/mol. The molecule has 0 aromatic heterocycles. The zero-order valence-electron chi connectivity index (χ0n) is 12.7. The molecule has 0 aliphatic heterocycles. The molecule has 0 spiro atoms. The first-order valence-corrected chi connectivity index (χ1v) is 9.29. The summed E-state index contributed by atoms with van der Waals surface area (Å²) >= 11 is 0. The summed E-state index contributed by atoms with van der Waals surface area (Å²) in [4.78, 5) is 20.2. The molecule has 0 saturated heterocycles. The molecule has 0 aliphatic rings. The molecule has 0 saturated carbocycles. The van der Waals surface area contributed by atoms with Crippen molar-refractivity contribution in [3.63, 3.8) is 0 Å². The quantitative estimate of drug-likeness (QED) is 0.317. The summed E-state index contributed by atoms with van der Waals surface area (Å²) in [5.41, 5.74) is 0. The van der Waals surface area contributed by atoms with Crippen molar-refractivity contribution in [3.8, 4) is 0 Å². The summed E-state index contributed by atoms with van der Waals surface area (Å²) in [5.74, 6) is -3.50. The third kappa shape index (κ3) is 8.95. The van der Waals surface area contributed by atoms with Gasteiger partial charge < -0.3 is 10.2 Å². The van der Waals surface area contributed by atoms with Crippen molar-refractivity contribution >= 4 is 32.2 Å². The van der Waals surface area contributed by atoms with Gasteiger partial charge in [-0.25, -0.2) is 0 Å². The Balaban J connectivity index is 0.000000463. The molecule has 0 aliphatic carbocycles. The molecule has 0 fully saturated rings. The van der Waals surface area contributed by atoms with Crippen molar-refractivity contribution in [2.45, 2.75) is 16.6 Å². The molecule has 1 unspecified atom stereocenters. The molecule has 3 N–H and O–H groups in total. The van der Waals surface area contributed by atoms with Crippen LogP contribution in [0.15, 0.2) is 47.9 Å². The maximum Gasteiger partial charge on any atom is 0.325 e. The molecule has 10 nitrogen and oxygen atoms in total. The highest BCUT2D eigenvalue weighted by Crippen LogP contribution is 2.10. The third-order valence-electron chi connectivity index (χ3n) is 2.37. The second kappa shape index (κ2) is 9.88. The van der Waals surface area contributed by atoms with Crippen molar-refractivity contribution in [2.75, 3.05) is 6.61 Å². The van der Waals surface area contributed by atoms with E-state index in [1.54, 1.807) is 18.2 Å². The first kappa shape index (κ1) is 22.7. The molecule has 1 rings (SSSR count). The van der Waals surface area contributed by atoms with Gasteiger partial charge in [-0.05, 0) is 12.1 Å². The van der Waals surface area contributed by atoms with Crippen LogP contribution in [0.25, 0.3) is 0 Å². The van der Waals surface area contributed by atoms with Crippen LogP contribution in [0.2, 0.25) is 0 Å². The molecule has 12 heteroatoms. The molecule has 1 aromatic rings. The van der Waals surface area contributed by atoms with Crippen LogP contribution in [-0.4, -0.2) is 55.4 Å². The highest BCUT2D eigenvalue weighted by atomic mass is 32.2. The molecule has 0 heterocycles. The molecular formula is C13H16O10S2. The number of benzene rings is 1. The summed E-state index contributed by atoms with van der Waals surface area (Å²) in [6, 6.07) is 8.00. The molecule has 0 amide bonds. The van der Waals surface area contributed by atoms with Gasteiger partial charge in [-0.3, -0.25) is 18.3 Å². The SMILES string of the molecule is C=CCOS(=O)(=O)c1ccccc1.O=C(O)CC(C(=O)O)S(=O)(=O)O. The van der Waals surface area contributed by atoms with Crippen molar-refractivity contribution < 1.29 is 45.4 Å². The molecule has 25 heavy (non-hydrogen) atoms. The normalized spacial score (nSPS) is 12.4.